The van der Waals surface area contributed by atoms with Crippen LogP contribution in [0.1, 0.15) is 77.5 Å². The van der Waals surface area contributed by atoms with Crippen molar-refractivity contribution in [1.82, 2.24) is 10.2 Å². The van der Waals surface area contributed by atoms with E-state index >= 15 is 4.39 Å². The maximum atomic E-state index is 15.5. The first-order valence-corrected chi connectivity index (χ1v) is 17.2. The molecule has 4 atom stereocenters. The monoisotopic (exact) mass is 727 g/mol. The Kier molecular flexibility index (Phi) is 13.0. The zero-order valence-corrected chi connectivity index (χ0v) is 30.5. The number of aliphatic hydroxyl groups is 1. The van der Waals surface area contributed by atoms with Crippen LogP contribution in [0.15, 0.2) is 66.7 Å². The Morgan fingerprint density at radius 2 is 1.44 bits per heavy atom. The van der Waals surface area contributed by atoms with Crippen LogP contribution in [0.2, 0.25) is 0 Å². The minimum absolute atomic E-state index is 0.0785. The summed E-state index contributed by atoms with van der Waals surface area (Å²) in [5.74, 6) is -3.36. The molecular formula is C39H48F3N3O7. The van der Waals surface area contributed by atoms with Crippen molar-refractivity contribution < 1.29 is 46.9 Å². The van der Waals surface area contributed by atoms with Gasteiger partial charge in [-0.1, -0.05) is 30.3 Å². The van der Waals surface area contributed by atoms with Gasteiger partial charge in [-0.3, -0.25) is 9.69 Å². The fraction of sp³-hybridized carbons (Fsp3) is 0.462. The van der Waals surface area contributed by atoms with Gasteiger partial charge in [0.25, 0.3) is 0 Å². The number of aliphatic hydroxyl groups excluding tert-OH is 1. The Labute approximate surface area is 302 Å². The van der Waals surface area contributed by atoms with Gasteiger partial charge in [0.15, 0.2) is 0 Å². The number of carbonyl (C=O) groups is 3. The molecule has 0 aromatic heterocycles. The molecule has 0 saturated carbocycles. The molecule has 3 aromatic rings. The molecule has 52 heavy (non-hydrogen) atoms. The molecule has 13 heteroatoms. The molecule has 282 valence electrons. The van der Waals surface area contributed by atoms with E-state index in [1.807, 2.05) is 0 Å². The lowest BCUT2D eigenvalue weighted by Gasteiger charge is -2.43. The summed E-state index contributed by atoms with van der Waals surface area (Å²) < 4.78 is 60.7. The first-order valence-electron chi connectivity index (χ1n) is 17.2. The van der Waals surface area contributed by atoms with Gasteiger partial charge < -0.3 is 30.0 Å². The van der Waals surface area contributed by atoms with E-state index in [9.17, 15) is 28.3 Å². The number of ether oxygens (including phenoxy) is 3. The standard InChI is InChI=1S/C39H48F3N3O7/c1-23-32(22-46)45(37(49)52-39(5,6)7)21-28(50-23)19-20-29-30(42)9-8-10-31(29)43-35(47)34(44-36(48)51-38(2,3)4)33(24-11-15-26(40)16-12-24)25-13-17-27(41)18-14-25/h8-18,23,28,32-34,46H,19-22H2,1-7H3,(H,43,47)(H,44,48)/t23-,28+,32+,34-/m0/s1. The van der Waals surface area contributed by atoms with Gasteiger partial charge >= 0.3 is 12.2 Å². The first kappa shape index (κ1) is 40.2. The molecule has 0 radical (unpaired) electrons. The summed E-state index contributed by atoms with van der Waals surface area (Å²) >= 11 is 0. The Morgan fingerprint density at radius 3 is 1.96 bits per heavy atom. The second-order valence-electron chi connectivity index (χ2n) is 14.8. The zero-order chi connectivity index (χ0) is 38.4. The SMILES string of the molecule is C[C@@H]1O[C@H](CCc2c(F)cccc2NC(=O)[C@@H](NC(=O)OC(C)(C)C)C(c2ccc(F)cc2)c2ccc(F)cc2)CN(C(=O)OC(C)(C)C)[C@@H]1CO. The number of rotatable bonds is 10. The van der Waals surface area contributed by atoms with E-state index in [4.69, 9.17) is 14.2 Å². The van der Waals surface area contributed by atoms with Crippen LogP contribution in [-0.4, -0.2) is 76.7 Å². The number of benzene rings is 3. The smallest absolute Gasteiger partial charge is 0.410 e. The minimum Gasteiger partial charge on any atom is -0.444 e. The van der Waals surface area contributed by atoms with Gasteiger partial charge in [-0.2, -0.15) is 0 Å². The Bertz CT molecular complexity index is 1650. The maximum Gasteiger partial charge on any atom is 0.410 e. The highest BCUT2D eigenvalue weighted by atomic mass is 19.1. The molecule has 4 rings (SSSR count). The molecule has 3 aromatic carbocycles. The minimum atomic E-state index is -1.40. The van der Waals surface area contributed by atoms with Gasteiger partial charge in [0.1, 0.15) is 34.7 Å². The van der Waals surface area contributed by atoms with E-state index in [-0.39, 0.29) is 37.2 Å². The third-order valence-electron chi connectivity index (χ3n) is 8.40. The summed E-state index contributed by atoms with van der Waals surface area (Å²) in [6.07, 6.45) is -2.32. The van der Waals surface area contributed by atoms with Crippen LogP contribution in [0, 0.1) is 17.5 Å². The third-order valence-corrected chi connectivity index (χ3v) is 8.40. The Hall–Kier alpha value is -4.62. The average molecular weight is 728 g/mol. The summed E-state index contributed by atoms with van der Waals surface area (Å²) in [6.45, 7) is 11.7. The van der Waals surface area contributed by atoms with Crippen LogP contribution in [0.5, 0.6) is 0 Å². The largest absolute Gasteiger partial charge is 0.444 e. The predicted octanol–water partition coefficient (Wildman–Crippen LogP) is 7.09. The maximum absolute atomic E-state index is 15.5. The van der Waals surface area contributed by atoms with Gasteiger partial charge in [-0.15, -0.1) is 0 Å². The molecule has 3 N–H and O–H groups in total. The van der Waals surface area contributed by atoms with Crippen LogP contribution >= 0.6 is 0 Å². The predicted molar refractivity (Wildman–Crippen MR) is 189 cm³/mol. The summed E-state index contributed by atoms with van der Waals surface area (Å²) in [5.41, 5.74) is -0.546. The van der Waals surface area contributed by atoms with E-state index in [1.54, 1.807) is 48.5 Å². The highest BCUT2D eigenvalue weighted by Crippen LogP contribution is 2.32. The molecule has 3 amide bonds. The normalized spacial score (nSPS) is 18.5. The van der Waals surface area contributed by atoms with E-state index in [2.05, 4.69) is 10.6 Å². The van der Waals surface area contributed by atoms with Crippen LogP contribution in [0.3, 0.4) is 0 Å². The fourth-order valence-corrected chi connectivity index (χ4v) is 6.08. The summed E-state index contributed by atoms with van der Waals surface area (Å²) in [4.78, 5) is 41.9. The van der Waals surface area contributed by atoms with Crippen molar-refractivity contribution in [3.05, 3.63) is 101 Å². The van der Waals surface area contributed by atoms with Gasteiger partial charge in [-0.05, 0) is 109 Å². The molecular weight excluding hydrogens is 679 g/mol. The van der Waals surface area contributed by atoms with E-state index < -0.39 is 77.0 Å². The van der Waals surface area contributed by atoms with E-state index in [1.165, 1.54) is 71.6 Å². The molecule has 0 spiro atoms. The molecule has 0 bridgehead atoms. The van der Waals surface area contributed by atoms with Crippen LogP contribution in [-0.2, 0) is 25.4 Å². The highest BCUT2D eigenvalue weighted by molar-refractivity contribution is 5.98. The van der Waals surface area contributed by atoms with Gasteiger partial charge in [-0.25, -0.2) is 22.8 Å². The van der Waals surface area contributed by atoms with Crippen LogP contribution in [0.4, 0.5) is 28.4 Å². The molecule has 1 fully saturated rings. The summed E-state index contributed by atoms with van der Waals surface area (Å²) in [6, 6.07) is 12.8. The van der Waals surface area contributed by atoms with Crippen molar-refractivity contribution in [2.24, 2.45) is 0 Å². The lowest BCUT2D eigenvalue weighted by Crippen LogP contribution is -2.58. The summed E-state index contributed by atoms with van der Waals surface area (Å²) in [5, 5.41) is 15.4. The number of alkyl carbamates (subject to hydrolysis) is 1. The number of carbonyl (C=O) groups excluding carboxylic acids is 3. The Balaban J connectivity index is 1.64. The van der Waals surface area contributed by atoms with Gasteiger partial charge in [0.2, 0.25) is 5.91 Å². The molecule has 0 aliphatic carbocycles. The number of nitrogens with one attached hydrogen (secondary N) is 2. The van der Waals surface area contributed by atoms with Crippen LogP contribution < -0.4 is 10.6 Å². The van der Waals surface area contributed by atoms with Crippen molar-refractivity contribution in [2.75, 3.05) is 18.5 Å². The number of hydrogen-bond donors (Lipinski definition) is 3. The Morgan fingerprint density at radius 1 is 0.885 bits per heavy atom. The second-order valence-corrected chi connectivity index (χ2v) is 14.8. The lowest BCUT2D eigenvalue weighted by molar-refractivity contribution is -0.122. The van der Waals surface area contributed by atoms with Gasteiger partial charge in [0, 0.05) is 17.2 Å². The van der Waals surface area contributed by atoms with Crippen molar-refractivity contribution in [3.8, 4) is 0 Å². The van der Waals surface area contributed by atoms with Crippen molar-refractivity contribution >= 4 is 23.8 Å². The molecule has 1 saturated heterocycles. The first-order chi connectivity index (χ1) is 24.3. The molecule has 10 nitrogen and oxygen atoms in total. The van der Waals surface area contributed by atoms with E-state index in [0.717, 1.165) is 0 Å². The quantitative estimate of drug-likeness (QED) is 0.204. The molecule has 1 heterocycles. The lowest BCUT2D eigenvalue weighted by atomic mass is 9.84. The molecule has 0 unspecified atom stereocenters. The second kappa shape index (κ2) is 16.8. The molecule has 1 aliphatic heterocycles. The summed E-state index contributed by atoms with van der Waals surface area (Å²) in [7, 11) is 0. The van der Waals surface area contributed by atoms with Gasteiger partial charge in [0.05, 0.1) is 31.4 Å². The van der Waals surface area contributed by atoms with Crippen LogP contribution in [0.25, 0.3) is 0 Å². The van der Waals surface area contributed by atoms with Crippen molar-refractivity contribution in [1.29, 1.82) is 0 Å². The molecule has 1 aliphatic rings. The number of anilines is 1. The fourth-order valence-electron chi connectivity index (χ4n) is 6.08. The zero-order valence-electron chi connectivity index (χ0n) is 30.5. The number of halogens is 3. The average Bonchev–Trinajstić information content (AvgIpc) is 3.04. The number of morpholine rings is 1. The van der Waals surface area contributed by atoms with Crippen molar-refractivity contribution in [3.63, 3.8) is 0 Å². The number of hydrogen-bond acceptors (Lipinski definition) is 7. The third kappa shape index (κ3) is 10.9. The highest BCUT2D eigenvalue weighted by Gasteiger charge is 2.39. The number of nitrogens with zero attached hydrogens (tertiary/aromatic N) is 1. The van der Waals surface area contributed by atoms with Crippen molar-refractivity contribution in [2.45, 2.75) is 103 Å². The topological polar surface area (TPSA) is 126 Å². The number of amides is 3. The van der Waals surface area contributed by atoms with E-state index in [0.29, 0.717) is 11.1 Å².